The number of hydrogen-bond acceptors (Lipinski definition) is 7. The first-order chi connectivity index (χ1) is 11.7. The molecule has 0 unspecified atom stereocenters. The minimum absolute atomic E-state index is 0.214. The zero-order chi connectivity index (χ0) is 17.5. The van der Waals surface area contributed by atoms with Crippen molar-refractivity contribution in [3.05, 3.63) is 29.8 Å². The third-order valence-corrected chi connectivity index (χ3v) is 4.10. The van der Waals surface area contributed by atoms with Crippen LogP contribution < -0.4 is 4.74 Å². The van der Waals surface area contributed by atoms with Gasteiger partial charge in [-0.25, -0.2) is 0 Å². The maximum Gasteiger partial charge on any atom is 0.229 e. The van der Waals surface area contributed by atoms with Crippen molar-refractivity contribution in [1.29, 1.82) is 0 Å². The summed E-state index contributed by atoms with van der Waals surface area (Å²) < 4.78 is 33.6. The van der Waals surface area contributed by atoms with E-state index in [2.05, 4.69) is 0 Å². The first-order valence-corrected chi connectivity index (χ1v) is 7.78. The summed E-state index contributed by atoms with van der Waals surface area (Å²) in [6, 6.07) is 7.53. The monoisotopic (exact) mass is 342 g/mol. The van der Waals surface area contributed by atoms with Gasteiger partial charge in [-0.3, -0.25) is 0 Å². The molecule has 5 atom stereocenters. The van der Waals surface area contributed by atoms with Gasteiger partial charge in [0.15, 0.2) is 0 Å². The molecule has 1 fully saturated rings. The van der Waals surface area contributed by atoms with Gasteiger partial charge in [0, 0.05) is 34.0 Å². The highest BCUT2D eigenvalue weighted by Crippen LogP contribution is 2.30. The zero-order valence-electron chi connectivity index (χ0n) is 14.5. The summed E-state index contributed by atoms with van der Waals surface area (Å²) in [5.74, 6) is 0.633. The molecular weight excluding hydrogens is 316 g/mol. The minimum atomic E-state index is -0.749. The minimum Gasteiger partial charge on any atom is -0.462 e. The molecule has 1 aromatic rings. The molecule has 1 aliphatic rings. The van der Waals surface area contributed by atoms with Crippen LogP contribution in [0.15, 0.2) is 24.3 Å². The second-order valence-corrected chi connectivity index (χ2v) is 5.49. The predicted molar refractivity (Wildman–Crippen MR) is 85.9 cm³/mol. The van der Waals surface area contributed by atoms with Gasteiger partial charge in [-0.15, -0.1) is 0 Å². The Morgan fingerprint density at radius 3 is 2.21 bits per heavy atom. The third-order valence-electron chi connectivity index (χ3n) is 4.10. The summed E-state index contributed by atoms with van der Waals surface area (Å²) in [4.78, 5) is 0. The lowest BCUT2D eigenvalue weighted by molar-refractivity contribution is -0.291. The Balaban J connectivity index is 2.24. The highest BCUT2D eigenvalue weighted by atomic mass is 16.7. The van der Waals surface area contributed by atoms with Gasteiger partial charge in [0.1, 0.15) is 30.2 Å². The second-order valence-electron chi connectivity index (χ2n) is 5.49. The first kappa shape index (κ1) is 19.1. The van der Waals surface area contributed by atoms with Crippen LogP contribution in [-0.4, -0.2) is 70.9 Å². The topological polar surface area (TPSA) is 75.6 Å². The number of rotatable bonds is 8. The highest BCUT2D eigenvalue weighted by molar-refractivity contribution is 5.33. The van der Waals surface area contributed by atoms with Crippen LogP contribution in [-0.2, 0) is 30.3 Å². The molecule has 1 heterocycles. The molecule has 24 heavy (non-hydrogen) atoms. The standard InChI is InChI=1S/C17H26O7/c1-19-10-11-7-5-6-8-12(11)23-17-16(22-4)15(21-3)14(20-2)13(9-18)24-17/h5-8,13-18H,9-10H2,1-4H3/t13-,14+,15+,16-,17-/m0/s1. The van der Waals surface area contributed by atoms with Crippen LogP contribution in [0.5, 0.6) is 5.75 Å². The largest absolute Gasteiger partial charge is 0.462 e. The van der Waals surface area contributed by atoms with Crippen LogP contribution in [0, 0.1) is 0 Å². The lowest BCUT2D eigenvalue weighted by Gasteiger charge is -2.44. The van der Waals surface area contributed by atoms with Crippen molar-refractivity contribution in [2.24, 2.45) is 0 Å². The summed E-state index contributed by atoms with van der Waals surface area (Å²) >= 11 is 0. The van der Waals surface area contributed by atoms with Gasteiger partial charge < -0.3 is 33.5 Å². The average Bonchev–Trinajstić information content (AvgIpc) is 2.62. The maximum atomic E-state index is 9.61. The Morgan fingerprint density at radius 2 is 1.62 bits per heavy atom. The van der Waals surface area contributed by atoms with Crippen LogP contribution in [0.2, 0.25) is 0 Å². The molecule has 1 saturated heterocycles. The van der Waals surface area contributed by atoms with Crippen LogP contribution in [0.25, 0.3) is 0 Å². The van der Waals surface area contributed by atoms with Crippen molar-refractivity contribution < 1.29 is 33.5 Å². The van der Waals surface area contributed by atoms with Crippen molar-refractivity contribution >= 4 is 0 Å². The van der Waals surface area contributed by atoms with E-state index in [1.165, 1.54) is 0 Å². The van der Waals surface area contributed by atoms with Crippen molar-refractivity contribution in [1.82, 2.24) is 0 Å². The Kier molecular flexibility index (Phi) is 7.41. The van der Waals surface area contributed by atoms with E-state index in [9.17, 15) is 5.11 Å². The van der Waals surface area contributed by atoms with Crippen molar-refractivity contribution in [2.75, 3.05) is 35.0 Å². The summed E-state index contributed by atoms with van der Waals surface area (Å²) in [7, 11) is 6.30. The maximum absolute atomic E-state index is 9.61. The molecule has 0 bridgehead atoms. The predicted octanol–water partition coefficient (Wildman–Crippen LogP) is 0.974. The fraction of sp³-hybridized carbons (Fsp3) is 0.647. The summed E-state index contributed by atoms with van der Waals surface area (Å²) in [5.41, 5.74) is 0.891. The smallest absolute Gasteiger partial charge is 0.229 e. The molecule has 0 aromatic heterocycles. The van der Waals surface area contributed by atoms with E-state index in [1.807, 2.05) is 24.3 Å². The number of para-hydroxylation sites is 1. The molecule has 136 valence electrons. The molecule has 1 aromatic carbocycles. The van der Waals surface area contributed by atoms with E-state index in [0.717, 1.165) is 5.56 Å². The number of aliphatic hydroxyl groups excluding tert-OH is 1. The fourth-order valence-corrected chi connectivity index (χ4v) is 2.94. The van der Waals surface area contributed by atoms with E-state index in [4.69, 9.17) is 28.4 Å². The molecule has 0 saturated carbocycles. The zero-order valence-corrected chi connectivity index (χ0v) is 14.5. The Labute approximate surface area is 142 Å². The normalized spacial score (nSPS) is 30.3. The Hall–Kier alpha value is -1.22. The van der Waals surface area contributed by atoms with E-state index in [0.29, 0.717) is 12.4 Å². The number of ether oxygens (including phenoxy) is 6. The van der Waals surface area contributed by atoms with Gasteiger partial charge in [0.2, 0.25) is 6.29 Å². The van der Waals surface area contributed by atoms with Crippen LogP contribution >= 0.6 is 0 Å². The molecule has 0 radical (unpaired) electrons. The molecule has 0 spiro atoms. The number of hydrogen-bond donors (Lipinski definition) is 1. The molecule has 0 amide bonds. The van der Waals surface area contributed by atoms with Crippen molar-refractivity contribution in [3.8, 4) is 5.75 Å². The van der Waals surface area contributed by atoms with Gasteiger partial charge in [0.05, 0.1) is 13.2 Å². The average molecular weight is 342 g/mol. The van der Waals surface area contributed by atoms with Gasteiger partial charge in [-0.1, -0.05) is 18.2 Å². The molecule has 7 nitrogen and oxygen atoms in total. The molecule has 1 N–H and O–H groups in total. The van der Waals surface area contributed by atoms with Crippen molar-refractivity contribution in [3.63, 3.8) is 0 Å². The Bertz CT molecular complexity index is 496. The van der Waals surface area contributed by atoms with Crippen LogP contribution in [0.1, 0.15) is 5.56 Å². The molecule has 2 rings (SSSR count). The fourth-order valence-electron chi connectivity index (χ4n) is 2.94. The SMILES string of the molecule is COCc1ccccc1O[C@H]1O[C@@H](CO)[C@@H](OC)[C@@H](OC)[C@@H]1OC. The van der Waals surface area contributed by atoms with Gasteiger partial charge in [0.25, 0.3) is 0 Å². The van der Waals surface area contributed by atoms with Gasteiger partial charge in [-0.05, 0) is 6.07 Å². The van der Waals surface area contributed by atoms with E-state index >= 15 is 0 Å². The molecule has 1 aliphatic heterocycles. The number of aliphatic hydroxyl groups is 1. The first-order valence-electron chi connectivity index (χ1n) is 7.78. The van der Waals surface area contributed by atoms with Crippen LogP contribution in [0.3, 0.4) is 0 Å². The molecular formula is C17H26O7. The second kappa shape index (κ2) is 9.31. The van der Waals surface area contributed by atoms with E-state index in [-0.39, 0.29) is 6.61 Å². The number of methoxy groups -OCH3 is 4. The summed E-state index contributed by atoms with van der Waals surface area (Å²) in [6.45, 7) is 0.201. The quantitative estimate of drug-likeness (QED) is 0.754. The van der Waals surface area contributed by atoms with E-state index in [1.54, 1.807) is 28.4 Å². The third kappa shape index (κ3) is 4.05. The molecule has 7 heteroatoms. The van der Waals surface area contributed by atoms with Crippen molar-refractivity contribution in [2.45, 2.75) is 37.3 Å². The number of benzene rings is 1. The van der Waals surface area contributed by atoms with Gasteiger partial charge in [-0.2, -0.15) is 0 Å². The summed E-state index contributed by atoms with van der Waals surface area (Å²) in [6.07, 6.45) is -2.74. The van der Waals surface area contributed by atoms with Crippen LogP contribution in [0.4, 0.5) is 0 Å². The lowest BCUT2D eigenvalue weighted by atomic mass is 9.98. The highest BCUT2D eigenvalue weighted by Gasteiger charge is 2.48. The molecule has 0 aliphatic carbocycles. The van der Waals surface area contributed by atoms with Gasteiger partial charge >= 0.3 is 0 Å². The Morgan fingerprint density at radius 1 is 0.958 bits per heavy atom. The lowest BCUT2D eigenvalue weighted by Crippen LogP contribution is -2.61. The summed E-state index contributed by atoms with van der Waals surface area (Å²) in [5, 5.41) is 9.61. The van der Waals surface area contributed by atoms with E-state index < -0.39 is 30.7 Å².